The lowest BCUT2D eigenvalue weighted by atomic mass is 10.2. The van der Waals surface area contributed by atoms with Gasteiger partial charge in [0.1, 0.15) is 0 Å². The first kappa shape index (κ1) is 20.3. The Morgan fingerprint density at radius 2 is 1.79 bits per heavy atom. The second-order valence-corrected chi connectivity index (χ2v) is 7.73. The molecule has 1 saturated heterocycles. The summed E-state index contributed by atoms with van der Waals surface area (Å²) in [5.41, 5.74) is 2.80. The molecule has 3 aromatic rings. The average Bonchev–Trinajstić information content (AvgIpc) is 3.04. The first-order valence-electron chi connectivity index (χ1n) is 8.78. The molecule has 0 saturated carbocycles. The van der Waals surface area contributed by atoms with Gasteiger partial charge in [0.25, 0.3) is 0 Å². The second-order valence-electron chi connectivity index (χ2n) is 6.58. The summed E-state index contributed by atoms with van der Waals surface area (Å²) in [4.78, 5) is 24.9. The van der Waals surface area contributed by atoms with Crippen LogP contribution in [-0.4, -0.2) is 59.3 Å². The minimum Gasteiger partial charge on any atom is -0.465 e. The summed E-state index contributed by atoms with van der Waals surface area (Å²) in [6.07, 6.45) is -1.14. The van der Waals surface area contributed by atoms with Gasteiger partial charge in [-0.2, -0.15) is 0 Å². The van der Waals surface area contributed by atoms with Crippen molar-refractivity contribution in [2.75, 3.05) is 43.4 Å². The number of likely N-dealkylation sites (N-methyl/N-ethyl adjacent to an activating group) is 1. The Balaban J connectivity index is 0.00000225. The van der Waals surface area contributed by atoms with Gasteiger partial charge in [-0.1, -0.05) is 11.8 Å². The molecule has 0 aliphatic carbocycles. The van der Waals surface area contributed by atoms with Crippen molar-refractivity contribution in [3.05, 3.63) is 42.5 Å². The Labute approximate surface area is 173 Å². The molecular weight excluding hydrogens is 398 g/mol. The lowest BCUT2D eigenvalue weighted by Gasteiger charge is -2.34. The van der Waals surface area contributed by atoms with Gasteiger partial charge in [-0.15, -0.1) is 12.4 Å². The fourth-order valence-electron chi connectivity index (χ4n) is 3.14. The fraction of sp³-hybridized carbons (Fsp3) is 0.263. The number of amides is 1. The number of nitrogens with zero attached hydrogens (tertiary/aromatic N) is 3. The molecule has 4 rings (SSSR count). The van der Waals surface area contributed by atoms with Crippen molar-refractivity contribution >= 4 is 52.9 Å². The summed E-state index contributed by atoms with van der Waals surface area (Å²) in [5.74, 6) is 0.233. The van der Waals surface area contributed by atoms with Crippen LogP contribution in [0.3, 0.4) is 0 Å². The summed E-state index contributed by atoms with van der Waals surface area (Å²) in [5, 5.41) is 11.0. The SMILES string of the molecule is CN1CCN(c2ccc(Sc3ccc4[nH]c(NC(=O)O)nc4c3)cc2)CC1.Cl. The van der Waals surface area contributed by atoms with Crippen LogP contribution >= 0.6 is 24.2 Å². The van der Waals surface area contributed by atoms with E-state index in [9.17, 15) is 4.79 Å². The normalized spacial score (nSPS) is 14.7. The summed E-state index contributed by atoms with van der Waals surface area (Å²) < 4.78 is 0. The average molecular weight is 420 g/mol. The Morgan fingerprint density at radius 1 is 1.11 bits per heavy atom. The third-order valence-corrected chi connectivity index (χ3v) is 5.62. The number of H-pyrrole nitrogens is 1. The third-order valence-electron chi connectivity index (χ3n) is 4.62. The Morgan fingerprint density at radius 3 is 2.46 bits per heavy atom. The predicted molar refractivity (Wildman–Crippen MR) is 115 cm³/mol. The second kappa shape index (κ2) is 8.72. The molecule has 2 heterocycles. The molecule has 1 aromatic heterocycles. The van der Waals surface area contributed by atoms with Crippen LogP contribution in [0.4, 0.5) is 16.4 Å². The molecule has 1 fully saturated rings. The molecular formula is C19H22ClN5O2S. The lowest BCUT2D eigenvalue weighted by molar-refractivity contribution is 0.209. The van der Waals surface area contributed by atoms with Gasteiger partial charge in [-0.3, -0.25) is 5.32 Å². The van der Waals surface area contributed by atoms with Crippen LogP contribution in [0.5, 0.6) is 0 Å². The minimum atomic E-state index is -1.14. The highest BCUT2D eigenvalue weighted by Gasteiger charge is 2.14. The maximum absolute atomic E-state index is 10.7. The maximum atomic E-state index is 10.7. The Kier molecular flexibility index (Phi) is 6.33. The lowest BCUT2D eigenvalue weighted by Crippen LogP contribution is -2.44. The highest BCUT2D eigenvalue weighted by Crippen LogP contribution is 2.31. The highest BCUT2D eigenvalue weighted by molar-refractivity contribution is 7.99. The smallest absolute Gasteiger partial charge is 0.411 e. The zero-order valence-electron chi connectivity index (χ0n) is 15.4. The van der Waals surface area contributed by atoms with E-state index in [1.807, 2.05) is 18.2 Å². The summed E-state index contributed by atoms with van der Waals surface area (Å²) in [6, 6.07) is 14.5. The minimum absolute atomic E-state index is 0. The van der Waals surface area contributed by atoms with Crippen molar-refractivity contribution < 1.29 is 9.90 Å². The summed E-state index contributed by atoms with van der Waals surface area (Å²) >= 11 is 1.66. The van der Waals surface area contributed by atoms with E-state index in [0.717, 1.165) is 47.0 Å². The van der Waals surface area contributed by atoms with Crippen LogP contribution in [0, 0.1) is 0 Å². The predicted octanol–water partition coefficient (Wildman–Crippen LogP) is 3.98. The van der Waals surface area contributed by atoms with E-state index in [2.05, 4.69) is 56.4 Å². The Bertz CT molecular complexity index is 955. The zero-order chi connectivity index (χ0) is 18.8. The number of nitrogens with one attached hydrogen (secondary N) is 2. The molecule has 9 heteroatoms. The van der Waals surface area contributed by atoms with Crippen molar-refractivity contribution in [2.24, 2.45) is 0 Å². The molecule has 1 amide bonds. The van der Waals surface area contributed by atoms with Gasteiger partial charge in [0.15, 0.2) is 0 Å². The number of hydrogen-bond donors (Lipinski definition) is 3. The molecule has 2 aromatic carbocycles. The maximum Gasteiger partial charge on any atom is 0.411 e. The van der Waals surface area contributed by atoms with Crippen molar-refractivity contribution in [3.8, 4) is 0 Å². The first-order valence-corrected chi connectivity index (χ1v) is 9.59. The van der Waals surface area contributed by atoms with Gasteiger partial charge in [-0.05, 0) is 49.5 Å². The fourth-order valence-corrected chi connectivity index (χ4v) is 3.99. The number of imidazole rings is 1. The van der Waals surface area contributed by atoms with E-state index >= 15 is 0 Å². The largest absolute Gasteiger partial charge is 0.465 e. The van der Waals surface area contributed by atoms with Crippen LogP contribution in [0.2, 0.25) is 0 Å². The molecule has 3 N–H and O–H groups in total. The molecule has 1 aliphatic rings. The number of halogens is 1. The number of aromatic amines is 1. The van der Waals surface area contributed by atoms with E-state index in [1.165, 1.54) is 5.69 Å². The zero-order valence-corrected chi connectivity index (χ0v) is 17.0. The van der Waals surface area contributed by atoms with Crippen LogP contribution in [-0.2, 0) is 0 Å². The number of fused-ring (bicyclic) bond motifs is 1. The number of rotatable bonds is 4. The monoisotopic (exact) mass is 419 g/mol. The molecule has 28 heavy (non-hydrogen) atoms. The van der Waals surface area contributed by atoms with Gasteiger partial charge < -0.3 is 19.9 Å². The number of piperazine rings is 1. The van der Waals surface area contributed by atoms with Crippen LogP contribution < -0.4 is 10.2 Å². The van der Waals surface area contributed by atoms with E-state index in [4.69, 9.17) is 5.11 Å². The summed E-state index contributed by atoms with van der Waals surface area (Å²) in [7, 11) is 2.16. The van der Waals surface area contributed by atoms with E-state index in [1.54, 1.807) is 11.8 Å². The number of aromatic nitrogens is 2. The molecule has 1 aliphatic heterocycles. The number of benzene rings is 2. The van der Waals surface area contributed by atoms with Gasteiger partial charge in [0, 0.05) is 41.7 Å². The topological polar surface area (TPSA) is 84.5 Å². The van der Waals surface area contributed by atoms with Gasteiger partial charge in [-0.25, -0.2) is 9.78 Å². The van der Waals surface area contributed by atoms with E-state index < -0.39 is 6.09 Å². The van der Waals surface area contributed by atoms with Gasteiger partial charge >= 0.3 is 6.09 Å². The van der Waals surface area contributed by atoms with Crippen molar-refractivity contribution in [3.63, 3.8) is 0 Å². The van der Waals surface area contributed by atoms with Crippen LogP contribution in [0.25, 0.3) is 11.0 Å². The molecule has 0 radical (unpaired) electrons. The van der Waals surface area contributed by atoms with Gasteiger partial charge in [0.2, 0.25) is 5.95 Å². The van der Waals surface area contributed by atoms with Crippen molar-refractivity contribution in [2.45, 2.75) is 9.79 Å². The third kappa shape index (κ3) is 4.70. The quantitative estimate of drug-likeness (QED) is 0.593. The standard InChI is InChI=1S/C19H21N5O2S.ClH/c1-23-8-10-24(11-9-23)13-2-4-14(5-3-13)27-15-6-7-16-17(12-15)21-18(20-16)22-19(25)26;/h2-7,12H,8-11H2,1H3,(H,25,26)(H2,20,21,22);1H. The molecule has 0 atom stereocenters. The molecule has 7 nitrogen and oxygen atoms in total. The summed E-state index contributed by atoms with van der Waals surface area (Å²) in [6.45, 7) is 4.31. The van der Waals surface area contributed by atoms with Crippen molar-refractivity contribution in [1.82, 2.24) is 14.9 Å². The van der Waals surface area contributed by atoms with E-state index in [-0.39, 0.29) is 18.4 Å². The molecule has 0 spiro atoms. The molecule has 148 valence electrons. The number of anilines is 2. The Hall–Kier alpha value is -2.42. The van der Waals surface area contributed by atoms with E-state index in [0.29, 0.717) is 0 Å². The first-order chi connectivity index (χ1) is 13.1. The molecule has 0 unspecified atom stereocenters. The van der Waals surface area contributed by atoms with Crippen LogP contribution in [0.15, 0.2) is 52.3 Å². The highest BCUT2D eigenvalue weighted by atomic mass is 35.5. The van der Waals surface area contributed by atoms with Crippen LogP contribution in [0.1, 0.15) is 0 Å². The number of carboxylic acid groups (broad SMARTS) is 1. The number of hydrogen-bond acceptors (Lipinski definition) is 5. The van der Waals surface area contributed by atoms with Gasteiger partial charge in [0.05, 0.1) is 11.0 Å². The number of carbonyl (C=O) groups is 1. The van der Waals surface area contributed by atoms with Crippen molar-refractivity contribution in [1.29, 1.82) is 0 Å². The molecule has 0 bridgehead atoms.